The van der Waals surface area contributed by atoms with Crippen LogP contribution in [0.5, 0.6) is 0 Å². The highest BCUT2D eigenvalue weighted by Crippen LogP contribution is 2.10. The molecule has 1 aromatic carbocycles. The fourth-order valence-corrected chi connectivity index (χ4v) is 1.36. The molecule has 0 aliphatic carbocycles. The third-order valence-corrected chi connectivity index (χ3v) is 2.14. The number of H-pyrrole nitrogens is 1. The average molecular weight is 195 g/mol. The molecular formula is C9H7ClN2O. The van der Waals surface area contributed by atoms with E-state index in [1.807, 2.05) is 19.1 Å². The molecule has 0 aliphatic rings. The van der Waals surface area contributed by atoms with Gasteiger partial charge in [0.15, 0.2) is 5.15 Å². The van der Waals surface area contributed by atoms with E-state index < -0.39 is 0 Å². The molecule has 4 heteroatoms. The van der Waals surface area contributed by atoms with E-state index in [1.54, 1.807) is 6.07 Å². The molecule has 0 amide bonds. The van der Waals surface area contributed by atoms with Gasteiger partial charge in [0.2, 0.25) is 5.43 Å². The highest BCUT2D eigenvalue weighted by molar-refractivity contribution is 6.29. The molecule has 0 aliphatic heterocycles. The second-order valence-electron chi connectivity index (χ2n) is 2.89. The monoisotopic (exact) mass is 194 g/mol. The lowest BCUT2D eigenvalue weighted by atomic mass is 10.1. The van der Waals surface area contributed by atoms with Crippen LogP contribution in [0.3, 0.4) is 0 Å². The van der Waals surface area contributed by atoms with Crippen molar-refractivity contribution in [3.63, 3.8) is 0 Å². The third-order valence-electron chi connectivity index (χ3n) is 1.88. The Labute approximate surface area is 79.4 Å². The van der Waals surface area contributed by atoms with E-state index in [1.165, 1.54) is 0 Å². The number of hydrogen-bond acceptors (Lipinski definition) is 2. The quantitative estimate of drug-likeness (QED) is 0.696. The fraction of sp³-hybridized carbons (Fsp3) is 0.111. The van der Waals surface area contributed by atoms with Gasteiger partial charge in [-0.15, -0.1) is 0 Å². The standard InChI is InChI=1S/C9H7ClN2O/c1-5-2-3-7-6(4-5)8(13)9(10)12-11-7/h2-4H,1H3,(H,11,13). The van der Waals surface area contributed by atoms with Crippen LogP contribution in [0.15, 0.2) is 23.0 Å². The summed E-state index contributed by atoms with van der Waals surface area (Å²) in [5.41, 5.74) is 1.51. The van der Waals surface area contributed by atoms with E-state index in [-0.39, 0.29) is 10.6 Å². The number of aromatic amines is 1. The van der Waals surface area contributed by atoms with E-state index in [0.717, 1.165) is 5.56 Å². The van der Waals surface area contributed by atoms with Crippen molar-refractivity contribution in [2.75, 3.05) is 0 Å². The zero-order valence-corrected chi connectivity index (χ0v) is 7.72. The van der Waals surface area contributed by atoms with Crippen molar-refractivity contribution in [2.45, 2.75) is 6.92 Å². The number of hydrogen-bond donors (Lipinski definition) is 1. The summed E-state index contributed by atoms with van der Waals surface area (Å²) < 4.78 is 0. The van der Waals surface area contributed by atoms with Crippen LogP contribution >= 0.6 is 11.6 Å². The lowest BCUT2D eigenvalue weighted by molar-refractivity contribution is 1.06. The van der Waals surface area contributed by atoms with Crippen molar-refractivity contribution >= 4 is 22.5 Å². The van der Waals surface area contributed by atoms with Crippen molar-refractivity contribution < 1.29 is 0 Å². The first kappa shape index (κ1) is 8.26. The number of fused-ring (bicyclic) bond motifs is 1. The van der Waals surface area contributed by atoms with Crippen LogP contribution < -0.4 is 5.43 Å². The van der Waals surface area contributed by atoms with Crippen LogP contribution in [0.4, 0.5) is 0 Å². The zero-order valence-electron chi connectivity index (χ0n) is 6.97. The summed E-state index contributed by atoms with van der Waals surface area (Å²) in [7, 11) is 0. The minimum absolute atomic E-state index is 0.0156. The topological polar surface area (TPSA) is 45.8 Å². The summed E-state index contributed by atoms with van der Waals surface area (Å²) in [4.78, 5) is 11.5. The molecule has 0 saturated carbocycles. The molecule has 0 unspecified atom stereocenters. The molecule has 66 valence electrons. The highest BCUT2D eigenvalue weighted by atomic mass is 35.5. The molecule has 0 radical (unpaired) electrons. The molecular weight excluding hydrogens is 188 g/mol. The zero-order chi connectivity index (χ0) is 9.42. The normalized spacial score (nSPS) is 10.6. The molecule has 0 saturated heterocycles. The molecule has 1 heterocycles. The predicted octanol–water partition coefficient (Wildman–Crippen LogP) is 1.88. The molecule has 1 N–H and O–H groups in total. The van der Waals surface area contributed by atoms with Crippen molar-refractivity contribution in [2.24, 2.45) is 0 Å². The second-order valence-corrected chi connectivity index (χ2v) is 3.25. The van der Waals surface area contributed by atoms with Gasteiger partial charge in [0.1, 0.15) is 0 Å². The minimum atomic E-state index is -0.223. The molecule has 13 heavy (non-hydrogen) atoms. The van der Waals surface area contributed by atoms with E-state index in [4.69, 9.17) is 11.6 Å². The summed E-state index contributed by atoms with van der Waals surface area (Å²) in [6, 6.07) is 5.52. The fourth-order valence-electron chi connectivity index (χ4n) is 1.21. The van der Waals surface area contributed by atoms with Gasteiger partial charge in [0.25, 0.3) is 0 Å². The Morgan fingerprint density at radius 3 is 3.00 bits per heavy atom. The van der Waals surface area contributed by atoms with Gasteiger partial charge in [-0.2, -0.15) is 5.10 Å². The van der Waals surface area contributed by atoms with Gasteiger partial charge in [0, 0.05) is 0 Å². The minimum Gasteiger partial charge on any atom is -0.286 e. The molecule has 2 rings (SSSR count). The first-order valence-corrected chi connectivity index (χ1v) is 4.21. The molecule has 1 aromatic heterocycles. The van der Waals surface area contributed by atoms with Crippen LogP contribution in [0.2, 0.25) is 5.15 Å². The van der Waals surface area contributed by atoms with Crippen molar-refractivity contribution in [1.29, 1.82) is 0 Å². The Balaban J connectivity index is 2.97. The van der Waals surface area contributed by atoms with E-state index in [2.05, 4.69) is 10.2 Å². The first-order chi connectivity index (χ1) is 6.18. The Kier molecular flexibility index (Phi) is 1.81. The Hall–Kier alpha value is -1.35. The van der Waals surface area contributed by atoms with Crippen molar-refractivity contribution in [3.05, 3.63) is 39.1 Å². The molecule has 3 nitrogen and oxygen atoms in total. The Morgan fingerprint density at radius 1 is 1.46 bits per heavy atom. The third kappa shape index (κ3) is 1.31. The largest absolute Gasteiger partial charge is 0.286 e. The molecule has 0 spiro atoms. The van der Waals surface area contributed by atoms with Crippen LogP contribution in [-0.2, 0) is 0 Å². The van der Waals surface area contributed by atoms with Crippen LogP contribution in [0, 0.1) is 6.92 Å². The van der Waals surface area contributed by atoms with E-state index in [9.17, 15) is 4.79 Å². The number of rotatable bonds is 0. The van der Waals surface area contributed by atoms with Gasteiger partial charge in [-0.1, -0.05) is 23.2 Å². The lowest BCUT2D eigenvalue weighted by Gasteiger charge is -1.97. The molecule has 0 atom stereocenters. The second kappa shape index (κ2) is 2.85. The van der Waals surface area contributed by atoms with Crippen molar-refractivity contribution in [1.82, 2.24) is 10.2 Å². The number of halogens is 1. The Morgan fingerprint density at radius 2 is 2.23 bits per heavy atom. The number of aromatic nitrogens is 2. The summed E-state index contributed by atoms with van der Waals surface area (Å²) in [6.45, 7) is 1.92. The number of nitrogens with zero attached hydrogens (tertiary/aromatic N) is 1. The van der Waals surface area contributed by atoms with E-state index in [0.29, 0.717) is 10.9 Å². The highest BCUT2D eigenvalue weighted by Gasteiger charge is 2.03. The first-order valence-electron chi connectivity index (χ1n) is 3.83. The summed E-state index contributed by atoms with van der Waals surface area (Å²) >= 11 is 5.59. The maximum Gasteiger partial charge on any atom is 0.226 e. The smallest absolute Gasteiger partial charge is 0.226 e. The summed E-state index contributed by atoms with van der Waals surface area (Å²) in [5.74, 6) is 0. The van der Waals surface area contributed by atoms with Gasteiger partial charge in [-0.25, -0.2) is 0 Å². The SMILES string of the molecule is Cc1ccc2[nH]nc(Cl)c(=O)c2c1. The van der Waals surface area contributed by atoms with E-state index >= 15 is 0 Å². The summed E-state index contributed by atoms with van der Waals surface area (Å²) in [6.07, 6.45) is 0. The molecule has 0 bridgehead atoms. The van der Waals surface area contributed by atoms with Crippen molar-refractivity contribution in [3.8, 4) is 0 Å². The van der Waals surface area contributed by atoms with Gasteiger partial charge in [-0.05, 0) is 19.1 Å². The lowest BCUT2D eigenvalue weighted by Crippen LogP contribution is -2.06. The maximum absolute atomic E-state index is 11.5. The van der Waals surface area contributed by atoms with Gasteiger partial charge < -0.3 is 0 Å². The van der Waals surface area contributed by atoms with Crippen LogP contribution in [0.25, 0.3) is 10.9 Å². The maximum atomic E-state index is 11.5. The summed E-state index contributed by atoms with van der Waals surface area (Å²) in [5, 5.41) is 6.94. The number of aryl methyl sites for hydroxylation is 1. The van der Waals surface area contributed by atoms with Gasteiger partial charge in [-0.3, -0.25) is 9.89 Å². The Bertz CT molecular complexity index is 513. The van der Waals surface area contributed by atoms with Gasteiger partial charge >= 0.3 is 0 Å². The van der Waals surface area contributed by atoms with Crippen LogP contribution in [0.1, 0.15) is 5.56 Å². The van der Waals surface area contributed by atoms with Crippen LogP contribution in [-0.4, -0.2) is 10.2 Å². The molecule has 2 aromatic rings. The molecule has 0 fully saturated rings. The number of benzene rings is 1. The average Bonchev–Trinajstić information content (AvgIpc) is 2.12. The number of nitrogens with one attached hydrogen (secondary N) is 1. The van der Waals surface area contributed by atoms with Gasteiger partial charge in [0.05, 0.1) is 10.9 Å². The predicted molar refractivity (Wildman–Crippen MR) is 52.1 cm³/mol.